The lowest BCUT2D eigenvalue weighted by Crippen LogP contribution is -2.30. The van der Waals surface area contributed by atoms with E-state index in [1.165, 1.54) is 16.4 Å². The number of nitrogens with two attached hydrogens (primary N) is 1. The molecule has 9 heteroatoms. The van der Waals surface area contributed by atoms with Crippen LogP contribution in [0.1, 0.15) is 12.7 Å². The average molecular weight is 378 g/mol. The maximum Gasteiger partial charge on any atom is 0.233 e. The molecule has 0 fully saturated rings. The molecule has 0 unspecified atom stereocenters. The number of nitrogen functional groups attached to an aromatic ring is 1. The van der Waals surface area contributed by atoms with Gasteiger partial charge in [0.05, 0.1) is 18.1 Å². The van der Waals surface area contributed by atoms with Crippen LogP contribution >= 0.6 is 23.4 Å². The summed E-state index contributed by atoms with van der Waals surface area (Å²) in [6, 6.07) is 10.7. The summed E-state index contributed by atoms with van der Waals surface area (Å²) in [7, 11) is 0. The SMILES string of the molecule is C[C@H](Sc1nnc(-c2cccc(Cl)c2)n1N)C(=O)NCc1ccco1. The molecular formula is C16H16ClN5O2S. The second kappa shape index (κ2) is 7.62. The molecule has 0 aliphatic heterocycles. The predicted molar refractivity (Wildman–Crippen MR) is 96.5 cm³/mol. The third-order valence-corrected chi connectivity index (χ3v) is 4.71. The van der Waals surface area contributed by atoms with Crippen molar-refractivity contribution in [2.45, 2.75) is 23.9 Å². The quantitative estimate of drug-likeness (QED) is 0.506. The summed E-state index contributed by atoms with van der Waals surface area (Å²) in [6.07, 6.45) is 1.56. The van der Waals surface area contributed by atoms with Crippen molar-refractivity contribution in [2.24, 2.45) is 0 Å². The van der Waals surface area contributed by atoms with Crippen molar-refractivity contribution < 1.29 is 9.21 Å². The van der Waals surface area contributed by atoms with Gasteiger partial charge in [0.2, 0.25) is 11.1 Å². The van der Waals surface area contributed by atoms with Crippen LogP contribution in [0.2, 0.25) is 5.02 Å². The zero-order valence-electron chi connectivity index (χ0n) is 13.3. The number of rotatable bonds is 6. The summed E-state index contributed by atoms with van der Waals surface area (Å²) >= 11 is 7.22. The number of hydrogen-bond donors (Lipinski definition) is 2. The number of thioether (sulfide) groups is 1. The van der Waals surface area contributed by atoms with Crippen LogP contribution < -0.4 is 11.2 Å². The molecule has 3 N–H and O–H groups in total. The highest BCUT2D eigenvalue weighted by Crippen LogP contribution is 2.26. The average Bonchev–Trinajstić information content (AvgIpc) is 3.23. The van der Waals surface area contributed by atoms with Gasteiger partial charge in [-0.15, -0.1) is 10.2 Å². The van der Waals surface area contributed by atoms with Crippen molar-refractivity contribution in [3.05, 3.63) is 53.4 Å². The van der Waals surface area contributed by atoms with Crippen LogP contribution in [-0.4, -0.2) is 26.0 Å². The Morgan fingerprint density at radius 1 is 1.40 bits per heavy atom. The topological polar surface area (TPSA) is 99.0 Å². The summed E-state index contributed by atoms with van der Waals surface area (Å²) in [6.45, 7) is 2.11. The summed E-state index contributed by atoms with van der Waals surface area (Å²) < 4.78 is 6.54. The van der Waals surface area contributed by atoms with Crippen LogP contribution in [-0.2, 0) is 11.3 Å². The highest BCUT2D eigenvalue weighted by molar-refractivity contribution is 8.00. The Bertz CT molecular complexity index is 865. The molecule has 0 radical (unpaired) electrons. The molecule has 3 aromatic rings. The van der Waals surface area contributed by atoms with Gasteiger partial charge in [-0.2, -0.15) is 0 Å². The predicted octanol–water partition coefficient (Wildman–Crippen LogP) is 2.70. The van der Waals surface area contributed by atoms with Crippen molar-refractivity contribution >= 4 is 29.3 Å². The van der Waals surface area contributed by atoms with Crippen molar-refractivity contribution in [3.63, 3.8) is 0 Å². The van der Waals surface area contributed by atoms with E-state index in [0.29, 0.717) is 28.3 Å². The smallest absolute Gasteiger partial charge is 0.233 e. The Labute approximate surface area is 153 Å². The minimum absolute atomic E-state index is 0.145. The number of furan rings is 1. The van der Waals surface area contributed by atoms with E-state index in [9.17, 15) is 4.79 Å². The Hall–Kier alpha value is -2.45. The second-order valence-electron chi connectivity index (χ2n) is 5.24. The number of benzene rings is 1. The molecule has 0 saturated carbocycles. The summed E-state index contributed by atoms with van der Waals surface area (Å²) in [4.78, 5) is 12.2. The molecule has 0 bridgehead atoms. The van der Waals surface area contributed by atoms with Crippen molar-refractivity contribution in [1.29, 1.82) is 0 Å². The van der Waals surface area contributed by atoms with Crippen LogP contribution in [0.4, 0.5) is 0 Å². The van der Waals surface area contributed by atoms with Crippen molar-refractivity contribution in [1.82, 2.24) is 20.2 Å². The van der Waals surface area contributed by atoms with Gasteiger partial charge in [0.25, 0.3) is 0 Å². The molecule has 7 nitrogen and oxygen atoms in total. The molecule has 130 valence electrons. The Morgan fingerprint density at radius 2 is 2.24 bits per heavy atom. The Kier molecular flexibility index (Phi) is 5.30. The highest BCUT2D eigenvalue weighted by Gasteiger charge is 2.20. The van der Waals surface area contributed by atoms with Crippen molar-refractivity contribution in [3.8, 4) is 11.4 Å². The minimum atomic E-state index is -0.395. The van der Waals surface area contributed by atoms with E-state index in [1.807, 2.05) is 12.1 Å². The zero-order valence-corrected chi connectivity index (χ0v) is 14.9. The minimum Gasteiger partial charge on any atom is -0.467 e. The van der Waals surface area contributed by atoms with Crippen LogP contribution in [0.5, 0.6) is 0 Å². The first-order chi connectivity index (χ1) is 12.0. The van der Waals surface area contributed by atoms with Gasteiger partial charge in [-0.25, -0.2) is 4.68 Å². The van der Waals surface area contributed by atoms with E-state index in [0.717, 1.165) is 5.56 Å². The summed E-state index contributed by atoms with van der Waals surface area (Å²) in [5.41, 5.74) is 0.754. The van der Waals surface area contributed by atoms with Gasteiger partial charge in [-0.05, 0) is 31.2 Å². The molecule has 0 saturated heterocycles. The van der Waals surface area contributed by atoms with Crippen LogP contribution in [0.25, 0.3) is 11.4 Å². The molecule has 0 aliphatic carbocycles. The fourth-order valence-corrected chi connectivity index (χ4v) is 3.11. The first-order valence-electron chi connectivity index (χ1n) is 7.48. The lowest BCUT2D eigenvalue weighted by molar-refractivity contribution is -0.120. The number of carbonyl (C=O) groups excluding carboxylic acids is 1. The van der Waals surface area contributed by atoms with Crippen molar-refractivity contribution in [2.75, 3.05) is 5.84 Å². The number of carbonyl (C=O) groups is 1. The number of hydrogen-bond acceptors (Lipinski definition) is 6. The maximum absolute atomic E-state index is 12.2. The van der Waals surface area contributed by atoms with Gasteiger partial charge in [-0.1, -0.05) is 35.5 Å². The number of nitrogens with one attached hydrogen (secondary N) is 1. The summed E-state index contributed by atoms with van der Waals surface area (Å²) in [5.74, 6) is 7.09. The van der Waals surface area contributed by atoms with E-state index in [4.69, 9.17) is 21.9 Å². The Morgan fingerprint density at radius 3 is 2.96 bits per heavy atom. The monoisotopic (exact) mass is 377 g/mol. The van der Waals surface area contributed by atoms with Gasteiger partial charge >= 0.3 is 0 Å². The molecule has 1 amide bonds. The first-order valence-corrected chi connectivity index (χ1v) is 8.73. The van der Waals surface area contributed by atoms with E-state index in [-0.39, 0.29) is 5.91 Å². The van der Waals surface area contributed by atoms with Crippen LogP contribution in [0.3, 0.4) is 0 Å². The standard InChI is InChI=1S/C16H16ClN5O2S/c1-10(15(23)19-9-13-6-3-7-24-13)25-16-21-20-14(22(16)18)11-4-2-5-12(17)8-11/h2-8,10H,9,18H2,1H3,(H,19,23)/t10-/m0/s1. The van der Waals surface area contributed by atoms with Gasteiger partial charge in [0.1, 0.15) is 5.76 Å². The number of halogens is 1. The largest absolute Gasteiger partial charge is 0.467 e. The molecule has 25 heavy (non-hydrogen) atoms. The van der Waals surface area contributed by atoms with Crippen LogP contribution in [0.15, 0.2) is 52.2 Å². The molecule has 2 aromatic heterocycles. The summed E-state index contributed by atoms with van der Waals surface area (Å²) in [5, 5.41) is 11.6. The zero-order chi connectivity index (χ0) is 17.8. The highest BCUT2D eigenvalue weighted by atomic mass is 35.5. The van der Waals surface area contributed by atoms with E-state index in [1.54, 1.807) is 37.5 Å². The van der Waals surface area contributed by atoms with E-state index < -0.39 is 5.25 Å². The molecule has 2 heterocycles. The number of aromatic nitrogens is 3. The van der Waals surface area contributed by atoms with Gasteiger partial charge in [0.15, 0.2) is 5.82 Å². The molecular weight excluding hydrogens is 362 g/mol. The fourth-order valence-electron chi connectivity index (χ4n) is 2.12. The third kappa shape index (κ3) is 4.15. The molecule has 3 rings (SSSR count). The van der Waals surface area contributed by atoms with E-state index in [2.05, 4.69) is 15.5 Å². The lowest BCUT2D eigenvalue weighted by atomic mass is 10.2. The van der Waals surface area contributed by atoms with Crippen LogP contribution in [0, 0.1) is 0 Å². The molecule has 1 atom stereocenters. The lowest BCUT2D eigenvalue weighted by Gasteiger charge is -2.10. The normalized spacial score (nSPS) is 12.1. The Balaban J connectivity index is 1.65. The van der Waals surface area contributed by atoms with E-state index >= 15 is 0 Å². The maximum atomic E-state index is 12.2. The van der Waals surface area contributed by atoms with Gasteiger partial charge < -0.3 is 15.6 Å². The molecule has 0 spiro atoms. The molecule has 1 aromatic carbocycles. The van der Waals surface area contributed by atoms with Gasteiger partial charge in [-0.3, -0.25) is 4.79 Å². The molecule has 0 aliphatic rings. The second-order valence-corrected chi connectivity index (χ2v) is 6.99. The number of nitrogens with zero attached hydrogens (tertiary/aromatic N) is 3. The van der Waals surface area contributed by atoms with Gasteiger partial charge in [0, 0.05) is 10.6 Å². The third-order valence-electron chi connectivity index (χ3n) is 3.42. The first kappa shape index (κ1) is 17.4. The fraction of sp³-hybridized carbons (Fsp3) is 0.188. The number of amides is 1.